The fourth-order valence-electron chi connectivity index (χ4n) is 3.57. The van der Waals surface area contributed by atoms with Crippen molar-refractivity contribution in [3.63, 3.8) is 0 Å². The van der Waals surface area contributed by atoms with Gasteiger partial charge in [0, 0.05) is 24.3 Å². The van der Waals surface area contributed by atoms with Crippen LogP contribution in [0, 0.1) is 11.6 Å². The third-order valence-electron chi connectivity index (χ3n) is 4.97. The van der Waals surface area contributed by atoms with Crippen molar-refractivity contribution in [2.24, 2.45) is 0 Å². The highest BCUT2D eigenvalue weighted by atomic mass is 19.1. The van der Waals surface area contributed by atoms with Crippen LogP contribution >= 0.6 is 0 Å². The molecule has 33 heavy (non-hydrogen) atoms. The molecule has 4 rings (SSSR count). The van der Waals surface area contributed by atoms with Gasteiger partial charge in [0.25, 0.3) is 0 Å². The minimum Gasteiger partial charge on any atom is -0.478 e. The van der Waals surface area contributed by atoms with E-state index < -0.39 is 46.4 Å². The molecule has 1 aliphatic rings. The highest BCUT2D eigenvalue weighted by Gasteiger charge is 2.35. The van der Waals surface area contributed by atoms with E-state index in [1.54, 1.807) is 0 Å². The summed E-state index contributed by atoms with van der Waals surface area (Å²) < 4.78 is 48.4. The number of carbonyl (C=O) groups excluding carboxylic acids is 2. The number of aromatic nitrogens is 2. The third kappa shape index (κ3) is 4.26. The summed E-state index contributed by atoms with van der Waals surface area (Å²) in [6, 6.07) is 4.82. The van der Waals surface area contributed by atoms with E-state index in [0.717, 1.165) is 27.8 Å². The molecule has 1 aliphatic heterocycles. The second kappa shape index (κ2) is 7.91. The highest BCUT2D eigenvalue weighted by molar-refractivity contribution is 6.22. The first-order chi connectivity index (χ1) is 15.4. The van der Waals surface area contributed by atoms with Gasteiger partial charge in [-0.2, -0.15) is 5.10 Å². The number of hydrogen-bond acceptors (Lipinski definition) is 5. The van der Waals surface area contributed by atoms with Crippen LogP contribution < -0.4 is 9.64 Å². The molecule has 1 aromatic heterocycles. The first-order valence-corrected chi connectivity index (χ1v) is 9.90. The van der Waals surface area contributed by atoms with Gasteiger partial charge in [-0.1, -0.05) is 0 Å². The number of nitrogens with zero attached hydrogens (tertiary/aromatic N) is 3. The average Bonchev–Trinajstić information content (AvgIpc) is 3.20. The standard InChI is InChI=1S/C22H18F3N3O5/c1-22(2,25)10-27-15-8-13(21(31)32)17(33-16-4-3-11(23)7-14(16)24)9-12(15)20(26-27)28-18(29)5-6-19(28)30/h3-4,7-9H,5-6,10H2,1-2H3,(H,31,32). The maximum absolute atomic E-state index is 14.4. The van der Waals surface area contributed by atoms with Crippen molar-refractivity contribution in [2.45, 2.75) is 38.9 Å². The number of anilines is 1. The summed E-state index contributed by atoms with van der Waals surface area (Å²) in [5.41, 5.74) is -2.03. The van der Waals surface area contributed by atoms with Crippen molar-refractivity contribution in [3.8, 4) is 11.5 Å². The lowest BCUT2D eigenvalue weighted by Crippen LogP contribution is -2.29. The normalized spacial score (nSPS) is 14.4. The van der Waals surface area contributed by atoms with Gasteiger partial charge in [0.05, 0.1) is 12.1 Å². The minimum absolute atomic E-state index is 0.0286. The van der Waals surface area contributed by atoms with Gasteiger partial charge >= 0.3 is 5.97 Å². The van der Waals surface area contributed by atoms with Gasteiger partial charge in [-0.15, -0.1) is 0 Å². The summed E-state index contributed by atoms with van der Waals surface area (Å²) in [4.78, 5) is 37.4. The summed E-state index contributed by atoms with van der Waals surface area (Å²) in [7, 11) is 0. The third-order valence-corrected chi connectivity index (χ3v) is 4.97. The van der Waals surface area contributed by atoms with Crippen molar-refractivity contribution >= 4 is 34.5 Å². The van der Waals surface area contributed by atoms with E-state index in [-0.39, 0.29) is 41.9 Å². The van der Waals surface area contributed by atoms with Crippen LogP contribution in [0.5, 0.6) is 11.5 Å². The van der Waals surface area contributed by atoms with Crippen LogP contribution in [0.4, 0.5) is 19.0 Å². The maximum Gasteiger partial charge on any atom is 0.339 e. The van der Waals surface area contributed by atoms with Crippen molar-refractivity contribution in [2.75, 3.05) is 4.90 Å². The van der Waals surface area contributed by atoms with Crippen molar-refractivity contribution in [3.05, 3.63) is 47.5 Å². The zero-order valence-corrected chi connectivity index (χ0v) is 17.6. The number of ether oxygens (including phenoxy) is 1. The summed E-state index contributed by atoms with van der Waals surface area (Å²) in [5, 5.41) is 14.0. The number of carboxylic acid groups (broad SMARTS) is 1. The summed E-state index contributed by atoms with van der Waals surface area (Å²) in [5.74, 6) is -5.26. The molecule has 0 aliphatic carbocycles. The van der Waals surface area contributed by atoms with Gasteiger partial charge < -0.3 is 9.84 Å². The lowest BCUT2D eigenvalue weighted by atomic mass is 10.1. The van der Waals surface area contributed by atoms with E-state index in [1.807, 2.05) is 0 Å². The van der Waals surface area contributed by atoms with Gasteiger partial charge in [-0.25, -0.2) is 22.9 Å². The minimum atomic E-state index is -1.76. The predicted octanol–water partition coefficient (Wildman–Crippen LogP) is 4.21. The van der Waals surface area contributed by atoms with Crippen LogP contribution in [-0.2, 0) is 16.1 Å². The van der Waals surface area contributed by atoms with Gasteiger partial charge in [0.1, 0.15) is 22.8 Å². The van der Waals surface area contributed by atoms with Crippen LogP contribution in [0.15, 0.2) is 30.3 Å². The molecule has 11 heteroatoms. The summed E-state index contributed by atoms with van der Waals surface area (Å²) >= 11 is 0. The SMILES string of the molecule is CC(C)(F)Cn1nc(N2C(=O)CCC2=O)c2cc(Oc3ccc(F)cc3F)c(C(=O)O)cc21. The van der Waals surface area contributed by atoms with Crippen molar-refractivity contribution in [1.29, 1.82) is 0 Å². The average molecular weight is 461 g/mol. The Morgan fingerprint density at radius 3 is 2.36 bits per heavy atom. The molecular weight excluding hydrogens is 443 g/mol. The largest absolute Gasteiger partial charge is 0.478 e. The zero-order chi connectivity index (χ0) is 24.1. The topological polar surface area (TPSA) is 102 Å². The molecule has 3 aromatic rings. The quantitative estimate of drug-likeness (QED) is 0.552. The number of carboxylic acids is 1. The lowest BCUT2D eigenvalue weighted by Gasteiger charge is -2.15. The van der Waals surface area contributed by atoms with E-state index in [1.165, 1.54) is 19.9 Å². The molecule has 1 N–H and O–H groups in total. The Labute approximate surface area is 185 Å². The molecule has 2 amide bonds. The smallest absolute Gasteiger partial charge is 0.339 e. The van der Waals surface area contributed by atoms with E-state index in [4.69, 9.17) is 4.74 Å². The van der Waals surface area contributed by atoms with E-state index >= 15 is 0 Å². The fraction of sp³-hybridized carbons (Fsp3) is 0.273. The van der Waals surface area contributed by atoms with Gasteiger partial charge in [-0.3, -0.25) is 14.3 Å². The Morgan fingerprint density at radius 1 is 1.12 bits per heavy atom. The molecule has 0 atom stereocenters. The molecule has 1 saturated heterocycles. The second-order valence-corrected chi connectivity index (χ2v) is 8.17. The number of alkyl halides is 1. The first kappa shape index (κ1) is 22.3. The Kier molecular flexibility index (Phi) is 5.35. The fourth-order valence-corrected chi connectivity index (χ4v) is 3.57. The van der Waals surface area contributed by atoms with Gasteiger partial charge in [0.2, 0.25) is 11.8 Å². The number of aromatic carboxylic acids is 1. The predicted molar refractivity (Wildman–Crippen MR) is 110 cm³/mol. The molecular formula is C22H18F3N3O5. The molecule has 8 nitrogen and oxygen atoms in total. The van der Waals surface area contributed by atoms with Crippen molar-refractivity contribution < 1.29 is 37.4 Å². The molecule has 172 valence electrons. The second-order valence-electron chi connectivity index (χ2n) is 8.17. The summed E-state index contributed by atoms with van der Waals surface area (Å²) in [6.07, 6.45) is -0.0572. The number of amides is 2. The van der Waals surface area contributed by atoms with Crippen LogP contribution in [0.3, 0.4) is 0 Å². The van der Waals surface area contributed by atoms with Gasteiger partial charge in [-0.05, 0) is 38.1 Å². The van der Waals surface area contributed by atoms with Crippen LogP contribution in [0.2, 0.25) is 0 Å². The lowest BCUT2D eigenvalue weighted by molar-refractivity contribution is -0.121. The van der Waals surface area contributed by atoms with E-state index in [0.29, 0.717) is 6.07 Å². The van der Waals surface area contributed by atoms with E-state index in [9.17, 15) is 32.7 Å². The maximum atomic E-state index is 14.4. The number of rotatable bonds is 6. The molecule has 2 aromatic carbocycles. The van der Waals surface area contributed by atoms with Crippen LogP contribution in [-0.4, -0.2) is 38.3 Å². The van der Waals surface area contributed by atoms with E-state index in [2.05, 4.69) is 5.10 Å². The molecule has 0 spiro atoms. The first-order valence-electron chi connectivity index (χ1n) is 9.90. The Balaban J connectivity index is 1.94. The number of fused-ring (bicyclic) bond motifs is 1. The highest BCUT2D eigenvalue weighted by Crippen LogP contribution is 2.37. The summed E-state index contributed by atoms with van der Waals surface area (Å²) in [6.45, 7) is 2.28. The molecule has 0 radical (unpaired) electrons. The molecule has 0 unspecified atom stereocenters. The molecule has 1 fully saturated rings. The number of carbonyl (C=O) groups is 3. The number of imide groups is 1. The molecule has 2 heterocycles. The van der Waals surface area contributed by atoms with Gasteiger partial charge in [0.15, 0.2) is 17.4 Å². The number of benzene rings is 2. The Morgan fingerprint density at radius 2 is 1.79 bits per heavy atom. The van der Waals surface area contributed by atoms with Crippen molar-refractivity contribution in [1.82, 2.24) is 9.78 Å². The Hall–Kier alpha value is -3.89. The van der Waals surface area contributed by atoms with Crippen LogP contribution in [0.25, 0.3) is 10.9 Å². The molecule has 0 bridgehead atoms. The Bertz CT molecular complexity index is 1300. The number of halogens is 3. The number of hydrogen-bond donors (Lipinski definition) is 1. The van der Waals surface area contributed by atoms with Crippen LogP contribution in [0.1, 0.15) is 37.0 Å². The molecule has 0 saturated carbocycles. The zero-order valence-electron chi connectivity index (χ0n) is 17.6. The monoisotopic (exact) mass is 461 g/mol.